The molecule has 0 aliphatic carbocycles. The number of phenols is 1. The molecule has 1 N–H and O–H groups in total. The smallest absolute Gasteiger partial charge is 0.282 e. The first-order valence-electron chi connectivity index (χ1n) is 6.97. The van der Waals surface area contributed by atoms with Gasteiger partial charge in [-0.15, -0.1) is 0 Å². The highest BCUT2D eigenvalue weighted by Gasteiger charge is 2.10. The van der Waals surface area contributed by atoms with Gasteiger partial charge in [0.05, 0.1) is 22.0 Å². The number of hydrogen-bond acceptors (Lipinski definition) is 6. The Morgan fingerprint density at radius 3 is 2.79 bits per heavy atom. The van der Waals surface area contributed by atoms with Crippen LogP contribution in [-0.2, 0) is 0 Å². The molecule has 0 unspecified atom stereocenters. The van der Waals surface area contributed by atoms with Crippen molar-refractivity contribution in [1.29, 1.82) is 0 Å². The van der Waals surface area contributed by atoms with Crippen LogP contribution in [0.5, 0.6) is 5.75 Å². The van der Waals surface area contributed by atoms with E-state index >= 15 is 0 Å². The summed E-state index contributed by atoms with van der Waals surface area (Å²) in [7, 11) is 0. The zero-order valence-corrected chi connectivity index (χ0v) is 12.6. The minimum atomic E-state index is -0.578. The molecule has 0 saturated heterocycles. The number of benzene rings is 2. The third-order valence-electron chi connectivity index (χ3n) is 3.45. The summed E-state index contributed by atoms with van der Waals surface area (Å²) in [6.45, 7) is 1.62. The normalized spacial score (nSPS) is 11.2. The Kier molecular flexibility index (Phi) is 3.78. The largest absolute Gasteiger partial charge is 0.507 e. The lowest BCUT2D eigenvalue weighted by molar-refractivity contribution is -0.384. The first-order chi connectivity index (χ1) is 11.5. The van der Waals surface area contributed by atoms with Crippen molar-refractivity contribution in [2.45, 2.75) is 6.92 Å². The molecular formula is C16H12N4O4. The van der Waals surface area contributed by atoms with Crippen LogP contribution in [0.25, 0.3) is 10.9 Å². The van der Waals surface area contributed by atoms with Gasteiger partial charge in [0.2, 0.25) is 0 Å². The van der Waals surface area contributed by atoms with Gasteiger partial charge in [0.15, 0.2) is 0 Å². The molecule has 1 heterocycles. The van der Waals surface area contributed by atoms with Gasteiger partial charge < -0.3 is 5.11 Å². The van der Waals surface area contributed by atoms with Crippen molar-refractivity contribution in [2.75, 3.05) is 0 Å². The maximum atomic E-state index is 12.5. The van der Waals surface area contributed by atoms with Gasteiger partial charge in [-0.1, -0.05) is 12.1 Å². The summed E-state index contributed by atoms with van der Waals surface area (Å²) in [5, 5.41) is 25.0. The van der Waals surface area contributed by atoms with Crippen LogP contribution in [0.15, 0.2) is 52.4 Å². The molecule has 1 aromatic heterocycles. The second kappa shape index (κ2) is 5.92. The summed E-state index contributed by atoms with van der Waals surface area (Å²) in [6.07, 6.45) is 1.19. The summed E-state index contributed by atoms with van der Waals surface area (Å²) < 4.78 is 1.08. The van der Waals surface area contributed by atoms with Crippen molar-refractivity contribution < 1.29 is 10.0 Å². The molecule has 8 heteroatoms. The molecule has 3 aromatic rings. The van der Waals surface area contributed by atoms with Gasteiger partial charge in [-0.25, -0.2) is 4.98 Å². The SMILES string of the molecule is Cc1nc2ccccc2c(=O)n1N=Cc1cc([N+](=O)[O-])ccc1O. The molecule has 2 aromatic carbocycles. The molecule has 0 atom stereocenters. The first kappa shape index (κ1) is 15.3. The van der Waals surface area contributed by atoms with Gasteiger partial charge in [-0.05, 0) is 25.1 Å². The number of nitro benzene ring substituents is 1. The number of aromatic nitrogens is 2. The molecule has 120 valence electrons. The fraction of sp³-hybridized carbons (Fsp3) is 0.0625. The average molecular weight is 324 g/mol. The Hall–Kier alpha value is -3.55. The van der Waals surface area contributed by atoms with Crippen LogP contribution in [0.2, 0.25) is 0 Å². The van der Waals surface area contributed by atoms with Crippen molar-refractivity contribution in [2.24, 2.45) is 5.10 Å². The lowest BCUT2D eigenvalue weighted by atomic mass is 10.2. The van der Waals surface area contributed by atoms with E-state index < -0.39 is 4.92 Å². The fourth-order valence-electron chi connectivity index (χ4n) is 2.25. The molecule has 0 saturated carbocycles. The van der Waals surface area contributed by atoms with Crippen LogP contribution in [0.1, 0.15) is 11.4 Å². The first-order valence-corrected chi connectivity index (χ1v) is 6.97. The number of aromatic hydroxyl groups is 1. The number of para-hydroxylation sites is 1. The van der Waals surface area contributed by atoms with Gasteiger partial charge in [0.25, 0.3) is 11.2 Å². The molecule has 8 nitrogen and oxygen atoms in total. The van der Waals surface area contributed by atoms with Gasteiger partial charge in [-0.3, -0.25) is 14.9 Å². The van der Waals surface area contributed by atoms with Crippen molar-refractivity contribution in [3.8, 4) is 5.75 Å². The number of phenolic OH excluding ortho intramolecular Hbond substituents is 1. The van der Waals surface area contributed by atoms with Crippen LogP contribution in [0.3, 0.4) is 0 Å². The molecule has 0 aliphatic heterocycles. The maximum Gasteiger partial charge on any atom is 0.282 e. The van der Waals surface area contributed by atoms with Gasteiger partial charge >= 0.3 is 0 Å². The van der Waals surface area contributed by atoms with Crippen LogP contribution in [-0.4, -0.2) is 25.9 Å². The number of fused-ring (bicyclic) bond motifs is 1. The third kappa shape index (κ3) is 2.72. The minimum Gasteiger partial charge on any atom is -0.507 e. The topological polar surface area (TPSA) is 111 Å². The van der Waals surface area contributed by atoms with Crippen LogP contribution >= 0.6 is 0 Å². The fourth-order valence-corrected chi connectivity index (χ4v) is 2.25. The van der Waals surface area contributed by atoms with Crippen LogP contribution in [0.4, 0.5) is 5.69 Å². The molecule has 0 fully saturated rings. The van der Waals surface area contributed by atoms with Gasteiger partial charge in [0, 0.05) is 17.7 Å². The van der Waals surface area contributed by atoms with Crippen molar-refractivity contribution >= 4 is 22.8 Å². The Bertz CT molecular complexity index is 1040. The van der Waals surface area contributed by atoms with Crippen molar-refractivity contribution in [1.82, 2.24) is 9.66 Å². The number of rotatable bonds is 3. The average Bonchev–Trinajstić information content (AvgIpc) is 2.56. The van der Waals surface area contributed by atoms with Gasteiger partial charge in [-0.2, -0.15) is 9.78 Å². The third-order valence-corrected chi connectivity index (χ3v) is 3.45. The van der Waals surface area contributed by atoms with Crippen molar-refractivity contribution in [3.63, 3.8) is 0 Å². The van der Waals surface area contributed by atoms with E-state index in [0.717, 1.165) is 4.68 Å². The summed E-state index contributed by atoms with van der Waals surface area (Å²) in [6, 6.07) is 10.4. The molecule has 0 bridgehead atoms. The Labute approximate surface area is 135 Å². The Morgan fingerprint density at radius 2 is 2.04 bits per heavy atom. The number of non-ortho nitro benzene ring substituents is 1. The Morgan fingerprint density at radius 1 is 1.29 bits per heavy atom. The molecule has 0 spiro atoms. The van der Waals surface area contributed by atoms with E-state index in [2.05, 4.69) is 10.1 Å². The molecule has 0 amide bonds. The summed E-state index contributed by atoms with van der Waals surface area (Å²) in [5.41, 5.74) is 0.141. The number of hydrogen-bond donors (Lipinski definition) is 1. The van der Waals surface area contributed by atoms with Crippen LogP contribution in [0, 0.1) is 17.0 Å². The summed E-state index contributed by atoms with van der Waals surface area (Å²) >= 11 is 0. The van der Waals surface area contributed by atoms with E-state index in [0.29, 0.717) is 16.7 Å². The zero-order valence-electron chi connectivity index (χ0n) is 12.6. The predicted molar refractivity (Wildman–Crippen MR) is 88.5 cm³/mol. The number of nitrogens with zero attached hydrogens (tertiary/aromatic N) is 4. The molecule has 0 aliphatic rings. The highest BCUT2D eigenvalue weighted by Crippen LogP contribution is 2.21. The molecular weight excluding hydrogens is 312 g/mol. The maximum absolute atomic E-state index is 12.5. The monoisotopic (exact) mass is 324 g/mol. The second-order valence-electron chi connectivity index (χ2n) is 5.04. The highest BCUT2D eigenvalue weighted by atomic mass is 16.6. The van der Waals surface area contributed by atoms with E-state index in [1.54, 1.807) is 31.2 Å². The summed E-state index contributed by atoms with van der Waals surface area (Å²) in [4.78, 5) is 27.0. The second-order valence-corrected chi connectivity index (χ2v) is 5.04. The number of aryl methyl sites for hydroxylation is 1. The Balaban J connectivity index is 2.10. The van der Waals surface area contributed by atoms with E-state index in [9.17, 15) is 20.0 Å². The lowest BCUT2D eigenvalue weighted by Gasteiger charge is -2.05. The van der Waals surface area contributed by atoms with E-state index in [4.69, 9.17) is 0 Å². The quantitative estimate of drug-likeness (QED) is 0.451. The van der Waals surface area contributed by atoms with Crippen LogP contribution < -0.4 is 5.56 Å². The highest BCUT2D eigenvalue weighted by molar-refractivity contribution is 5.84. The minimum absolute atomic E-state index is 0.128. The van der Waals surface area contributed by atoms with E-state index in [-0.39, 0.29) is 22.6 Å². The lowest BCUT2D eigenvalue weighted by Crippen LogP contribution is -2.20. The van der Waals surface area contributed by atoms with Gasteiger partial charge in [0.1, 0.15) is 11.6 Å². The zero-order chi connectivity index (χ0) is 17.3. The molecule has 0 radical (unpaired) electrons. The predicted octanol–water partition coefficient (Wildman–Crippen LogP) is 2.20. The standard InChI is InChI=1S/C16H12N4O4/c1-10-18-14-5-3-2-4-13(14)16(22)19(10)17-9-11-8-12(20(23)24)6-7-15(11)21/h2-9,21H,1H3. The van der Waals surface area contributed by atoms with E-state index in [1.807, 2.05) is 0 Å². The number of nitro groups is 1. The molecule has 24 heavy (non-hydrogen) atoms. The van der Waals surface area contributed by atoms with E-state index in [1.165, 1.54) is 24.4 Å². The summed E-state index contributed by atoms with van der Waals surface area (Å²) in [5.74, 6) is 0.184. The van der Waals surface area contributed by atoms with Crippen molar-refractivity contribution in [3.05, 3.63) is 74.3 Å². The molecule has 3 rings (SSSR count).